The number of unbranched alkanes of at least 4 members (excludes halogenated alkanes) is 5. The number of rotatable bonds is 11. The Morgan fingerprint density at radius 1 is 1.10 bits per heavy atom. The van der Waals surface area contributed by atoms with Crippen molar-refractivity contribution in [3.63, 3.8) is 0 Å². The van der Waals surface area contributed by atoms with Crippen LogP contribution in [0.5, 0.6) is 0 Å². The Balaban J connectivity index is 2.46. The van der Waals surface area contributed by atoms with E-state index in [1.807, 2.05) is 6.92 Å². The van der Waals surface area contributed by atoms with Crippen molar-refractivity contribution in [1.82, 2.24) is 9.71 Å². The van der Waals surface area contributed by atoms with Crippen molar-refractivity contribution in [2.75, 3.05) is 18.4 Å². The molecule has 0 radical (unpaired) electrons. The van der Waals surface area contributed by atoms with Crippen molar-refractivity contribution in [2.45, 2.75) is 57.3 Å². The Labute approximate surface area is 128 Å². The van der Waals surface area contributed by atoms with Crippen LogP contribution in [0.25, 0.3) is 0 Å². The first kappa shape index (κ1) is 17.9. The number of hydrogen-bond donors (Lipinski definition) is 2. The summed E-state index contributed by atoms with van der Waals surface area (Å²) < 4.78 is 27.2. The molecule has 0 atom stereocenters. The molecule has 2 N–H and O–H groups in total. The second kappa shape index (κ2) is 9.73. The summed E-state index contributed by atoms with van der Waals surface area (Å²) in [6.45, 7) is 5.27. The second-order valence-corrected chi connectivity index (χ2v) is 6.80. The molecule has 1 aromatic rings. The maximum atomic E-state index is 12.3. The van der Waals surface area contributed by atoms with Crippen LogP contribution in [0.3, 0.4) is 0 Å². The van der Waals surface area contributed by atoms with E-state index in [1.54, 1.807) is 12.3 Å². The maximum Gasteiger partial charge on any atom is 0.244 e. The minimum atomic E-state index is -3.49. The van der Waals surface area contributed by atoms with Gasteiger partial charge in [-0.1, -0.05) is 39.0 Å². The van der Waals surface area contributed by atoms with Crippen molar-refractivity contribution < 1.29 is 8.42 Å². The molecule has 0 saturated heterocycles. The van der Waals surface area contributed by atoms with Gasteiger partial charge in [0.15, 0.2) is 0 Å². The van der Waals surface area contributed by atoms with Crippen molar-refractivity contribution in [1.29, 1.82) is 0 Å². The van der Waals surface area contributed by atoms with E-state index in [0.29, 0.717) is 18.8 Å². The van der Waals surface area contributed by atoms with Crippen LogP contribution in [-0.4, -0.2) is 26.5 Å². The topological polar surface area (TPSA) is 71.1 Å². The van der Waals surface area contributed by atoms with Crippen LogP contribution >= 0.6 is 0 Å². The van der Waals surface area contributed by atoms with Gasteiger partial charge < -0.3 is 5.32 Å². The fourth-order valence-corrected chi connectivity index (χ4v) is 3.32. The van der Waals surface area contributed by atoms with Gasteiger partial charge in [-0.25, -0.2) is 13.1 Å². The molecule has 0 saturated carbocycles. The molecule has 0 aliphatic rings. The van der Waals surface area contributed by atoms with Gasteiger partial charge in [0.1, 0.15) is 4.90 Å². The van der Waals surface area contributed by atoms with Gasteiger partial charge in [-0.3, -0.25) is 4.98 Å². The summed E-state index contributed by atoms with van der Waals surface area (Å²) >= 11 is 0. The first-order chi connectivity index (χ1) is 10.1. The highest BCUT2D eigenvalue weighted by molar-refractivity contribution is 7.89. The number of hydrogen-bond acceptors (Lipinski definition) is 4. The monoisotopic (exact) mass is 313 g/mol. The van der Waals surface area contributed by atoms with Crippen LogP contribution in [0.15, 0.2) is 23.4 Å². The number of anilines is 1. The van der Waals surface area contributed by atoms with Gasteiger partial charge in [-0.05, 0) is 19.4 Å². The molecule has 6 heteroatoms. The number of aromatic nitrogens is 1. The fraction of sp³-hybridized carbons (Fsp3) is 0.667. The van der Waals surface area contributed by atoms with Gasteiger partial charge in [0, 0.05) is 25.5 Å². The summed E-state index contributed by atoms with van der Waals surface area (Å²) in [5.74, 6) is 0. The smallest absolute Gasteiger partial charge is 0.244 e. The van der Waals surface area contributed by atoms with Gasteiger partial charge in [0.25, 0.3) is 0 Å². The molecule has 0 aromatic carbocycles. The van der Waals surface area contributed by atoms with Crippen molar-refractivity contribution in [2.24, 2.45) is 0 Å². The SMILES string of the molecule is CCCCCCCCNS(=O)(=O)c1cnccc1NCC. The third-order valence-corrected chi connectivity index (χ3v) is 4.75. The lowest BCUT2D eigenvalue weighted by molar-refractivity contribution is 0.567. The van der Waals surface area contributed by atoms with Crippen LogP contribution in [-0.2, 0) is 10.0 Å². The average molecular weight is 313 g/mol. The largest absolute Gasteiger partial charge is 0.384 e. The quantitative estimate of drug-likeness (QED) is 0.616. The first-order valence-corrected chi connectivity index (χ1v) is 9.27. The maximum absolute atomic E-state index is 12.3. The predicted molar refractivity (Wildman–Crippen MR) is 87.0 cm³/mol. The second-order valence-electron chi connectivity index (χ2n) is 5.07. The van der Waals surface area contributed by atoms with Crippen molar-refractivity contribution in [3.8, 4) is 0 Å². The Kier molecular flexibility index (Phi) is 8.30. The zero-order valence-corrected chi connectivity index (χ0v) is 13.9. The molecule has 0 unspecified atom stereocenters. The lowest BCUT2D eigenvalue weighted by atomic mass is 10.1. The van der Waals surface area contributed by atoms with Gasteiger partial charge in [-0.15, -0.1) is 0 Å². The molecule has 21 heavy (non-hydrogen) atoms. The van der Waals surface area contributed by atoms with E-state index in [4.69, 9.17) is 0 Å². The molecule has 1 rings (SSSR count). The zero-order chi connectivity index (χ0) is 15.6. The minimum absolute atomic E-state index is 0.220. The summed E-state index contributed by atoms with van der Waals surface area (Å²) in [6, 6.07) is 1.68. The van der Waals surface area contributed by atoms with Gasteiger partial charge in [-0.2, -0.15) is 0 Å². The van der Waals surface area contributed by atoms with E-state index in [9.17, 15) is 8.42 Å². The van der Waals surface area contributed by atoms with Crippen LogP contribution in [0.1, 0.15) is 52.4 Å². The van der Waals surface area contributed by atoms with E-state index in [-0.39, 0.29) is 4.90 Å². The number of nitrogens with one attached hydrogen (secondary N) is 2. The molecule has 0 aliphatic carbocycles. The van der Waals surface area contributed by atoms with Crippen molar-refractivity contribution >= 4 is 15.7 Å². The highest BCUT2D eigenvalue weighted by Crippen LogP contribution is 2.19. The van der Waals surface area contributed by atoms with E-state index >= 15 is 0 Å². The van der Waals surface area contributed by atoms with Crippen molar-refractivity contribution in [3.05, 3.63) is 18.5 Å². The molecule has 0 bridgehead atoms. The van der Waals surface area contributed by atoms with Gasteiger partial charge in [0.05, 0.1) is 5.69 Å². The third kappa shape index (κ3) is 6.44. The zero-order valence-electron chi connectivity index (χ0n) is 13.1. The average Bonchev–Trinajstić information content (AvgIpc) is 2.47. The van der Waals surface area contributed by atoms with E-state index in [1.165, 1.54) is 31.9 Å². The summed E-state index contributed by atoms with van der Waals surface area (Å²) in [4.78, 5) is 4.13. The molecule has 0 fully saturated rings. The normalized spacial score (nSPS) is 11.5. The molecule has 1 heterocycles. The Morgan fingerprint density at radius 3 is 2.52 bits per heavy atom. The number of nitrogens with zero attached hydrogens (tertiary/aromatic N) is 1. The highest BCUT2D eigenvalue weighted by atomic mass is 32.2. The summed E-state index contributed by atoms with van der Waals surface area (Å²) in [5, 5.41) is 3.05. The summed E-state index contributed by atoms with van der Waals surface area (Å²) in [5.41, 5.74) is 0.600. The minimum Gasteiger partial charge on any atom is -0.384 e. The summed E-state index contributed by atoms with van der Waals surface area (Å²) in [6.07, 6.45) is 9.80. The van der Waals surface area contributed by atoms with Gasteiger partial charge >= 0.3 is 0 Å². The number of sulfonamides is 1. The van der Waals surface area contributed by atoms with E-state index in [0.717, 1.165) is 12.8 Å². The molecule has 0 amide bonds. The standard InChI is InChI=1S/C15H27N3O2S/c1-3-5-6-7-8-9-11-18-21(19,20)15-13-16-12-10-14(15)17-4-2/h10,12-13,18H,3-9,11H2,1-2H3,(H,16,17). The summed E-state index contributed by atoms with van der Waals surface area (Å²) in [7, 11) is -3.49. The Bertz CT molecular complexity index is 503. The molecule has 120 valence electrons. The lowest BCUT2D eigenvalue weighted by Crippen LogP contribution is -2.26. The van der Waals surface area contributed by atoms with Crippen LogP contribution in [0.4, 0.5) is 5.69 Å². The van der Waals surface area contributed by atoms with Crippen LogP contribution in [0, 0.1) is 0 Å². The molecule has 0 spiro atoms. The van der Waals surface area contributed by atoms with Crippen LogP contribution < -0.4 is 10.0 Å². The van der Waals surface area contributed by atoms with E-state index in [2.05, 4.69) is 21.9 Å². The van der Waals surface area contributed by atoms with Crippen LogP contribution in [0.2, 0.25) is 0 Å². The molecule has 1 aromatic heterocycles. The molecular formula is C15H27N3O2S. The Morgan fingerprint density at radius 2 is 1.81 bits per heavy atom. The van der Waals surface area contributed by atoms with E-state index < -0.39 is 10.0 Å². The Hall–Kier alpha value is -1.14. The molecular weight excluding hydrogens is 286 g/mol. The van der Waals surface area contributed by atoms with Gasteiger partial charge in [0.2, 0.25) is 10.0 Å². The fourth-order valence-electron chi connectivity index (χ4n) is 2.12. The lowest BCUT2D eigenvalue weighted by Gasteiger charge is -2.11. The third-order valence-electron chi connectivity index (χ3n) is 3.26. The molecule has 5 nitrogen and oxygen atoms in total. The molecule has 0 aliphatic heterocycles. The first-order valence-electron chi connectivity index (χ1n) is 7.79. The number of pyridine rings is 1. The highest BCUT2D eigenvalue weighted by Gasteiger charge is 2.17. The predicted octanol–water partition coefficient (Wildman–Crippen LogP) is 3.15.